The van der Waals surface area contributed by atoms with Gasteiger partial charge in [0.2, 0.25) is 0 Å². The van der Waals surface area contributed by atoms with Crippen LogP contribution in [0.3, 0.4) is 0 Å². The maximum absolute atomic E-state index is 12.3. The van der Waals surface area contributed by atoms with Crippen molar-refractivity contribution in [2.45, 2.75) is 6.61 Å². The van der Waals surface area contributed by atoms with Crippen molar-refractivity contribution in [3.05, 3.63) is 75.8 Å². The molecule has 0 spiro atoms. The normalized spacial score (nSPS) is 10.8. The van der Waals surface area contributed by atoms with E-state index in [1.807, 2.05) is 53.9 Å². The summed E-state index contributed by atoms with van der Waals surface area (Å²) in [4.78, 5) is 21.3. The number of methoxy groups -OCH3 is 1. The number of aromatic nitrogens is 2. The Bertz CT molecular complexity index is 1160. The number of rotatable bonds is 5. The molecule has 0 unspecified atom stereocenters. The summed E-state index contributed by atoms with van der Waals surface area (Å²) in [6, 6.07) is 16.9. The van der Waals surface area contributed by atoms with Gasteiger partial charge in [-0.05, 0) is 30.3 Å². The van der Waals surface area contributed by atoms with E-state index in [1.165, 1.54) is 11.3 Å². The van der Waals surface area contributed by atoms with Gasteiger partial charge in [-0.15, -0.1) is 11.3 Å². The van der Waals surface area contributed by atoms with Crippen LogP contribution in [-0.4, -0.2) is 23.0 Å². The molecule has 2 aromatic carbocycles. The zero-order valence-electron chi connectivity index (χ0n) is 14.9. The summed E-state index contributed by atoms with van der Waals surface area (Å²) < 4.78 is 11.7. The number of benzene rings is 2. The van der Waals surface area contributed by atoms with Crippen LogP contribution in [0.4, 0.5) is 0 Å². The first kappa shape index (κ1) is 18.6. The Morgan fingerprint density at radius 2 is 1.96 bits per heavy atom. The predicted molar refractivity (Wildman–Crippen MR) is 113 cm³/mol. The number of pyridine rings is 1. The van der Waals surface area contributed by atoms with Gasteiger partial charge >= 0.3 is 5.97 Å². The summed E-state index contributed by atoms with van der Waals surface area (Å²) in [5.74, 6) is 0.266. The highest BCUT2D eigenvalue weighted by Gasteiger charge is 2.14. The van der Waals surface area contributed by atoms with E-state index >= 15 is 0 Å². The summed E-state index contributed by atoms with van der Waals surface area (Å²) in [6.07, 6.45) is 0. The van der Waals surface area contributed by atoms with Crippen LogP contribution in [0.2, 0.25) is 0 Å². The first-order chi connectivity index (χ1) is 13.6. The lowest BCUT2D eigenvalue weighted by molar-refractivity contribution is 0.0462. The summed E-state index contributed by atoms with van der Waals surface area (Å²) in [6.45, 7) is 0.0835. The third-order valence-electron chi connectivity index (χ3n) is 4.10. The lowest BCUT2D eigenvalue weighted by Gasteiger charge is -2.06. The molecule has 0 saturated carbocycles. The molecule has 140 valence electrons. The molecule has 4 rings (SSSR count). The van der Waals surface area contributed by atoms with Gasteiger partial charge in [-0.2, -0.15) is 0 Å². The smallest absolute Gasteiger partial charge is 0.357 e. The Kier molecular flexibility index (Phi) is 5.36. The van der Waals surface area contributed by atoms with Gasteiger partial charge in [0.1, 0.15) is 23.1 Å². The molecule has 0 atom stereocenters. The average Bonchev–Trinajstić information content (AvgIpc) is 3.20. The van der Waals surface area contributed by atoms with Crippen LogP contribution in [0.15, 0.2) is 64.5 Å². The SMILES string of the molecule is COc1ccc(Br)cc1-c1nc(COC(=O)c2ccc3ccccc3n2)cs1. The number of halogens is 1. The number of thiazole rings is 1. The summed E-state index contributed by atoms with van der Waals surface area (Å²) in [5, 5.41) is 3.65. The van der Waals surface area contributed by atoms with Crippen molar-refractivity contribution in [2.24, 2.45) is 0 Å². The highest BCUT2D eigenvalue weighted by molar-refractivity contribution is 9.10. The van der Waals surface area contributed by atoms with E-state index in [1.54, 1.807) is 13.2 Å². The van der Waals surface area contributed by atoms with Gasteiger partial charge in [-0.1, -0.05) is 40.2 Å². The molecular weight excluding hydrogens is 440 g/mol. The van der Waals surface area contributed by atoms with Gasteiger partial charge in [-0.3, -0.25) is 0 Å². The predicted octanol–water partition coefficient (Wildman–Crippen LogP) is 5.49. The summed E-state index contributed by atoms with van der Waals surface area (Å²) in [5.41, 5.74) is 2.60. The second-order valence-corrected chi connectivity index (χ2v) is 7.73. The lowest BCUT2D eigenvalue weighted by Crippen LogP contribution is -2.07. The molecule has 5 nitrogen and oxygen atoms in total. The van der Waals surface area contributed by atoms with Crippen LogP contribution in [0.25, 0.3) is 21.5 Å². The maximum atomic E-state index is 12.3. The van der Waals surface area contributed by atoms with Crippen LogP contribution in [-0.2, 0) is 11.3 Å². The molecule has 0 aliphatic heterocycles. The van der Waals surface area contributed by atoms with Crippen molar-refractivity contribution in [2.75, 3.05) is 7.11 Å². The number of nitrogens with zero attached hydrogens (tertiary/aromatic N) is 2. The van der Waals surface area contributed by atoms with Gasteiger partial charge < -0.3 is 9.47 Å². The van der Waals surface area contributed by atoms with E-state index in [9.17, 15) is 4.79 Å². The molecule has 0 aliphatic rings. The number of hydrogen-bond donors (Lipinski definition) is 0. The molecule has 2 aromatic heterocycles. The monoisotopic (exact) mass is 454 g/mol. The first-order valence-corrected chi connectivity index (χ1v) is 10.1. The Morgan fingerprint density at radius 1 is 1.11 bits per heavy atom. The zero-order valence-corrected chi connectivity index (χ0v) is 17.3. The van der Waals surface area contributed by atoms with Crippen LogP contribution in [0.5, 0.6) is 5.75 Å². The van der Waals surface area contributed by atoms with Crippen molar-refractivity contribution in [3.63, 3.8) is 0 Å². The van der Waals surface area contributed by atoms with E-state index in [2.05, 4.69) is 25.9 Å². The highest BCUT2D eigenvalue weighted by atomic mass is 79.9. The van der Waals surface area contributed by atoms with Crippen LogP contribution >= 0.6 is 27.3 Å². The maximum Gasteiger partial charge on any atom is 0.357 e. The Hall–Kier alpha value is -2.77. The number of carbonyl (C=O) groups is 1. The Labute approximate surface area is 174 Å². The number of carbonyl (C=O) groups excluding carboxylic acids is 1. The molecule has 28 heavy (non-hydrogen) atoms. The fraction of sp³-hybridized carbons (Fsp3) is 0.0952. The standard InChI is InChI=1S/C21H15BrN2O3S/c1-26-19-9-7-14(22)10-16(19)20-23-15(12-28-20)11-27-21(25)18-8-6-13-4-2-3-5-17(13)24-18/h2-10,12H,11H2,1H3. The molecular formula is C21H15BrN2O3S. The minimum atomic E-state index is -0.472. The van der Waals surface area contributed by atoms with Gasteiger partial charge in [0.25, 0.3) is 0 Å². The lowest BCUT2D eigenvalue weighted by atomic mass is 10.2. The second kappa shape index (κ2) is 8.08. The number of hydrogen-bond acceptors (Lipinski definition) is 6. The molecule has 0 bridgehead atoms. The number of esters is 1. The minimum absolute atomic E-state index is 0.0835. The van der Waals surface area contributed by atoms with E-state index in [0.717, 1.165) is 31.7 Å². The van der Waals surface area contributed by atoms with E-state index in [-0.39, 0.29) is 12.3 Å². The Balaban J connectivity index is 1.48. The molecule has 2 heterocycles. The van der Waals surface area contributed by atoms with Crippen molar-refractivity contribution >= 4 is 44.1 Å². The fourth-order valence-corrected chi connectivity index (χ4v) is 3.92. The first-order valence-electron chi connectivity index (χ1n) is 8.45. The van der Waals surface area contributed by atoms with Crippen molar-refractivity contribution in [1.82, 2.24) is 9.97 Å². The fourth-order valence-electron chi connectivity index (χ4n) is 2.74. The van der Waals surface area contributed by atoms with Gasteiger partial charge in [0.05, 0.1) is 23.9 Å². The topological polar surface area (TPSA) is 61.3 Å². The van der Waals surface area contributed by atoms with Crippen molar-refractivity contribution in [3.8, 4) is 16.3 Å². The minimum Gasteiger partial charge on any atom is -0.496 e. The van der Waals surface area contributed by atoms with Crippen molar-refractivity contribution < 1.29 is 14.3 Å². The number of para-hydroxylation sites is 1. The molecule has 4 aromatic rings. The van der Waals surface area contributed by atoms with E-state index in [0.29, 0.717) is 5.69 Å². The van der Waals surface area contributed by atoms with Crippen LogP contribution in [0.1, 0.15) is 16.2 Å². The second-order valence-electron chi connectivity index (χ2n) is 5.95. The molecule has 0 fully saturated rings. The number of ether oxygens (including phenoxy) is 2. The van der Waals surface area contributed by atoms with Crippen LogP contribution < -0.4 is 4.74 Å². The molecule has 0 N–H and O–H groups in total. The Morgan fingerprint density at radius 3 is 2.82 bits per heavy atom. The molecule has 0 amide bonds. The summed E-state index contributed by atoms with van der Waals surface area (Å²) >= 11 is 4.94. The largest absolute Gasteiger partial charge is 0.496 e. The van der Waals surface area contributed by atoms with Gasteiger partial charge in [-0.25, -0.2) is 14.8 Å². The molecule has 7 heteroatoms. The third-order valence-corrected chi connectivity index (χ3v) is 5.52. The molecule has 0 saturated heterocycles. The quantitative estimate of drug-likeness (QED) is 0.373. The van der Waals surface area contributed by atoms with E-state index < -0.39 is 5.97 Å². The third kappa shape index (κ3) is 3.90. The van der Waals surface area contributed by atoms with E-state index in [4.69, 9.17) is 9.47 Å². The van der Waals surface area contributed by atoms with Crippen LogP contribution in [0, 0.1) is 0 Å². The average molecular weight is 455 g/mol. The number of fused-ring (bicyclic) bond motifs is 1. The van der Waals surface area contributed by atoms with Gasteiger partial charge in [0.15, 0.2) is 0 Å². The summed E-state index contributed by atoms with van der Waals surface area (Å²) in [7, 11) is 1.62. The van der Waals surface area contributed by atoms with Gasteiger partial charge in [0, 0.05) is 15.2 Å². The molecule has 0 aliphatic carbocycles. The highest BCUT2D eigenvalue weighted by Crippen LogP contribution is 2.34. The van der Waals surface area contributed by atoms with Crippen molar-refractivity contribution in [1.29, 1.82) is 0 Å². The zero-order chi connectivity index (χ0) is 19.5. The molecule has 0 radical (unpaired) electrons.